The summed E-state index contributed by atoms with van der Waals surface area (Å²) in [6, 6.07) is 8.97. The van der Waals surface area contributed by atoms with Crippen molar-refractivity contribution < 1.29 is 9.53 Å². The summed E-state index contributed by atoms with van der Waals surface area (Å²) in [5.74, 6) is 0.742. The molecule has 1 aromatic carbocycles. The van der Waals surface area contributed by atoms with Gasteiger partial charge in [0.15, 0.2) is 5.78 Å². The number of carbonyl (C=O) groups is 1. The molecule has 2 aromatic rings. The van der Waals surface area contributed by atoms with Crippen molar-refractivity contribution >= 4 is 5.78 Å². The van der Waals surface area contributed by atoms with Gasteiger partial charge in [-0.25, -0.2) is 0 Å². The van der Waals surface area contributed by atoms with Gasteiger partial charge < -0.3 is 4.74 Å². The van der Waals surface area contributed by atoms with Gasteiger partial charge in [-0.1, -0.05) is 6.92 Å². The summed E-state index contributed by atoms with van der Waals surface area (Å²) >= 11 is 0. The molecule has 0 spiro atoms. The lowest BCUT2D eigenvalue weighted by atomic mass is 10.0. The van der Waals surface area contributed by atoms with Gasteiger partial charge in [0, 0.05) is 11.1 Å². The SMILES string of the molecule is CCCOc1ccc(C(=O)c2cc(C)nnc2C)cc1. The Hall–Kier alpha value is -2.23. The van der Waals surface area contributed by atoms with Crippen LogP contribution in [0.2, 0.25) is 0 Å². The number of hydrogen-bond donors (Lipinski definition) is 0. The number of rotatable bonds is 5. The van der Waals surface area contributed by atoms with Crippen molar-refractivity contribution in [1.29, 1.82) is 0 Å². The van der Waals surface area contributed by atoms with Crippen LogP contribution in [0.15, 0.2) is 30.3 Å². The Balaban J connectivity index is 2.22. The molecule has 1 heterocycles. The summed E-state index contributed by atoms with van der Waals surface area (Å²) in [7, 11) is 0. The molecule has 2 rings (SSSR count). The maximum absolute atomic E-state index is 12.4. The van der Waals surface area contributed by atoms with Gasteiger partial charge in [-0.05, 0) is 50.6 Å². The maximum Gasteiger partial charge on any atom is 0.194 e. The molecule has 0 bridgehead atoms. The monoisotopic (exact) mass is 270 g/mol. The van der Waals surface area contributed by atoms with E-state index in [1.807, 2.05) is 19.1 Å². The molecule has 0 aliphatic rings. The van der Waals surface area contributed by atoms with Crippen LogP contribution in [0.25, 0.3) is 0 Å². The summed E-state index contributed by atoms with van der Waals surface area (Å²) < 4.78 is 5.50. The first kappa shape index (κ1) is 14.2. The van der Waals surface area contributed by atoms with Crippen LogP contribution < -0.4 is 4.74 Å². The normalized spacial score (nSPS) is 10.3. The second kappa shape index (κ2) is 6.28. The highest BCUT2D eigenvalue weighted by molar-refractivity contribution is 6.09. The highest BCUT2D eigenvalue weighted by atomic mass is 16.5. The summed E-state index contributed by atoms with van der Waals surface area (Å²) in [5.41, 5.74) is 2.61. The van der Waals surface area contributed by atoms with Crippen LogP contribution in [0.3, 0.4) is 0 Å². The van der Waals surface area contributed by atoms with E-state index in [1.54, 1.807) is 25.1 Å². The predicted octanol–water partition coefficient (Wildman–Crippen LogP) is 3.11. The van der Waals surface area contributed by atoms with E-state index >= 15 is 0 Å². The van der Waals surface area contributed by atoms with Crippen LogP contribution in [0, 0.1) is 13.8 Å². The quantitative estimate of drug-likeness (QED) is 0.783. The first-order valence-corrected chi connectivity index (χ1v) is 6.70. The number of aryl methyl sites for hydroxylation is 2. The molecular formula is C16H18N2O2. The lowest BCUT2D eigenvalue weighted by Gasteiger charge is -2.07. The van der Waals surface area contributed by atoms with E-state index < -0.39 is 0 Å². The number of benzene rings is 1. The first-order valence-electron chi connectivity index (χ1n) is 6.70. The molecule has 0 aliphatic heterocycles. The number of ether oxygens (including phenoxy) is 1. The molecule has 4 heteroatoms. The molecule has 0 unspecified atom stereocenters. The number of nitrogens with zero attached hydrogens (tertiary/aromatic N) is 2. The van der Waals surface area contributed by atoms with E-state index in [4.69, 9.17) is 4.74 Å². The lowest BCUT2D eigenvalue weighted by molar-refractivity contribution is 0.103. The van der Waals surface area contributed by atoms with Gasteiger partial charge in [-0.2, -0.15) is 10.2 Å². The Morgan fingerprint density at radius 2 is 1.85 bits per heavy atom. The molecular weight excluding hydrogens is 252 g/mol. The van der Waals surface area contributed by atoms with Gasteiger partial charge in [0.05, 0.1) is 18.0 Å². The third kappa shape index (κ3) is 3.20. The van der Waals surface area contributed by atoms with Crippen LogP contribution in [-0.4, -0.2) is 22.6 Å². The van der Waals surface area contributed by atoms with Crippen LogP contribution in [0.4, 0.5) is 0 Å². The first-order chi connectivity index (χ1) is 9.61. The summed E-state index contributed by atoms with van der Waals surface area (Å²) in [6.07, 6.45) is 0.960. The maximum atomic E-state index is 12.4. The number of ketones is 1. The van der Waals surface area contributed by atoms with Crippen molar-refractivity contribution in [3.8, 4) is 5.75 Å². The minimum atomic E-state index is -0.0393. The van der Waals surface area contributed by atoms with E-state index in [2.05, 4.69) is 17.1 Å². The Labute approximate surface area is 118 Å². The van der Waals surface area contributed by atoms with Gasteiger partial charge in [0.25, 0.3) is 0 Å². The minimum Gasteiger partial charge on any atom is -0.494 e. The lowest BCUT2D eigenvalue weighted by Crippen LogP contribution is -2.07. The van der Waals surface area contributed by atoms with Crippen molar-refractivity contribution in [2.24, 2.45) is 0 Å². The standard InChI is InChI=1S/C16H18N2O2/c1-4-9-20-14-7-5-13(6-8-14)16(19)15-10-11(2)17-18-12(15)3/h5-8,10H,4,9H2,1-3H3. The van der Waals surface area contributed by atoms with Crippen molar-refractivity contribution in [3.05, 3.63) is 52.8 Å². The number of carbonyl (C=O) groups excluding carboxylic acids is 1. The van der Waals surface area contributed by atoms with Crippen LogP contribution >= 0.6 is 0 Å². The van der Waals surface area contributed by atoms with Crippen molar-refractivity contribution in [2.45, 2.75) is 27.2 Å². The minimum absolute atomic E-state index is 0.0393. The second-order valence-electron chi connectivity index (χ2n) is 4.69. The number of hydrogen-bond acceptors (Lipinski definition) is 4. The third-order valence-corrected chi connectivity index (χ3v) is 2.93. The van der Waals surface area contributed by atoms with Gasteiger partial charge in [0.1, 0.15) is 5.75 Å². The zero-order valence-corrected chi connectivity index (χ0v) is 12.0. The third-order valence-electron chi connectivity index (χ3n) is 2.93. The van der Waals surface area contributed by atoms with Crippen molar-refractivity contribution in [3.63, 3.8) is 0 Å². The van der Waals surface area contributed by atoms with E-state index in [1.165, 1.54) is 0 Å². The Morgan fingerprint density at radius 1 is 1.15 bits per heavy atom. The van der Waals surface area contributed by atoms with Crippen LogP contribution in [0.5, 0.6) is 5.75 Å². The molecule has 0 aliphatic carbocycles. The highest BCUT2D eigenvalue weighted by Gasteiger charge is 2.13. The molecule has 0 fully saturated rings. The second-order valence-corrected chi connectivity index (χ2v) is 4.69. The fourth-order valence-corrected chi connectivity index (χ4v) is 1.86. The zero-order chi connectivity index (χ0) is 14.5. The van der Waals surface area contributed by atoms with E-state index in [0.29, 0.717) is 23.4 Å². The predicted molar refractivity (Wildman–Crippen MR) is 77.2 cm³/mol. The molecule has 104 valence electrons. The molecule has 0 radical (unpaired) electrons. The molecule has 1 aromatic heterocycles. The molecule has 4 nitrogen and oxygen atoms in total. The molecule has 0 amide bonds. The van der Waals surface area contributed by atoms with Crippen LogP contribution in [0.1, 0.15) is 40.7 Å². The smallest absolute Gasteiger partial charge is 0.194 e. The Bertz CT molecular complexity index is 606. The number of aromatic nitrogens is 2. The molecule has 0 saturated carbocycles. The Morgan fingerprint density at radius 3 is 2.50 bits per heavy atom. The van der Waals surface area contributed by atoms with E-state index in [0.717, 1.165) is 17.9 Å². The van der Waals surface area contributed by atoms with Gasteiger partial charge >= 0.3 is 0 Å². The fraction of sp³-hybridized carbons (Fsp3) is 0.312. The molecule has 0 N–H and O–H groups in total. The van der Waals surface area contributed by atoms with Gasteiger partial charge in [-0.3, -0.25) is 4.79 Å². The average molecular weight is 270 g/mol. The fourth-order valence-electron chi connectivity index (χ4n) is 1.86. The average Bonchev–Trinajstić information content (AvgIpc) is 2.47. The summed E-state index contributed by atoms with van der Waals surface area (Å²) in [4.78, 5) is 12.4. The van der Waals surface area contributed by atoms with Gasteiger partial charge in [-0.15, -0.1) is 0 Å². The molecule has 0 saturated heterocycles. The van der Waals surface area contributed by atoms with Gasteiger partial charge in [0.2, 0.25) is 0 Å². The summed E-state index contributed by atoms with van der Waals surface area (Å²) in [5, 5.41) is 7.93. The van der Waals surface area contributed by atoms with Crippen molar-refractivity contribution in [2.75, 3.05) is 6.61 Å². The molecule has 0 atom stereocenters. The Kier molecular flexibility index (Phi) is 4.45. The largest absolute Gasteiger partial charge is 0.494 e. The summed E-state index contributed by atoms with van der Waals surface area (Å²) in [6.45, 7) is 6.35. The van der Waals surface area contributed by atoms with Crippen molar-refractivity contribution in [1.82, 2.24) is 10.2 Å². The highest BCUT2D eigenvalue weighted by Crippen LogP contribution is 2.17. The topological polar surface area (TPSA) is 52.1 Å². The van der Waals surface area contributed by atoms with E-state index in [-0.39, 0.29) is 5.78 Å². The van der Waals surface area contributed by atoms with Crippen LogP contribution in [-0.2, 0) is 0 Å². The molecule has 20 heavy (non-hydrogen) atoms. The van der Waals surface area contributed by atoms with E-state index in [9.17, 15) is 4.79 Å². The zero-order valence-electron chi connectivity index (χ0n) is 12.0.